The third-order valence-corrected chi connectivity index (χ3v) is 5.21. The molecule has 6 heteroatoms. The van der Waals surface area contributed by atoms with Gasteiger partial charge in [-0.05, 0) is 35.4 Å². The lowest BCUT2D eigenvalue weighted by molar-refractivity contribution is -0.153. The Bertz CT molecular complexity index is 778. The third-order valence-electron chi connectivity index (χ3n) is 4.22. The topological polar surface area (TPSA) is 46.6 Å². The minimum atomic E-state index is -0.610. The van der Waals surface area contributed by atoms with E-state index in [1.165, 1.54) is 31.0 Å². The van der Waals surface area contributed by atoms with Crippen LogP contribution in [0.25, 0.3) is 0 Å². The standard InChI is InChI=1S/C19H18FNO3S/c1-24-19(23)17-10-13-4-2-3-5-14(13)11-21(17)18(22)12-25-16-8-6-15(20)7-9-16/h2-9,17H,10-12H2,1H3/t17-/m1/s1. The van der Waals surface area contributed by atoms with Crippen LogP contribution in [0.3, 0.4) is 0 Å². The summed E-state index contributed by atoms with van der Waals surface area (Å²) in [5.74, 6) is -0.677. The molecule has 1 amide bonds. The molecule has 1 heterocycles. The summed E-state index contributed by atoms with van der Waals surface area (Å²) in [6, 6.07) is 13.2. The van der Waals surface area contributed by atoms with Gasteiger partial charge in [-0.3, -0.25) is 4.79 Å². The zero-order chi connectivity index (χ0) is 17.8. The molecule has 0 radical (unpaired) electrons. The van der Waals surface area contributed by atoms with Gasteiger partial charge in [0.25, 0.3) is 0 Å². The molecule has 0 spiro atoms. The Morgan fingerprint density at radius 1 is 1.16 bits per heavy atom. The molecule has 0 saturated heterocycles. The number of nitrogens with zero attached hydrogens (tertiary/aromatic N) is 1. The number of hydrogen-bond acceptors (Lipinski definition) is 4. The van der Waals surface area contributed by atoms with Crippen LogP contribution in [0.2, 0.25) is 0 Å². The van der Waals surface area contributed by atoms with Gasteiger partial charge in [0.1, 0.15) is 11.9 Å². The van der Waals surface area contributed by atoms with Crippen LogP contribution in [0.15, 0.2) is 53.4 Å². The number of fused-ring (bicyclic) bond motifs is 1. The van der Waals surface area contributed by atoms with Gasteiger partial charge in [-0.1, -0.05) is 24.3 Å². The number of benzene rings is 2. The molecule has 2 aromatic rings. The molecule has 1 atom stereocenters. The highest BCUT2D eigenvalue weighted by Gasteiger charge is 2.35. The van der Waals surface area contributed by atoms with Gasteiger partial charge in [-0.2, -0.15) is 0 Å². The average molecular weight is 359 g/mol. The van der Waals surface area contributed by atoms with E-state index in [0.29, 0.717) is 13.0 Å². The van der Waals surface area contributed by atoms with Gasteiger partial charge in [-0.15, -0.1) is 11.8 Å². The van der Waals surface area contributed by atoms with Crippen LogP contribution in [0.1, 0.15) is 11.1 Å². The van der Waals surface area contributed by atoms with Crippen molar-refractivity contribution in [3.63, 3.8) is 0 Å². The fourth-order valence-electron chi connectivity index (χ4n) is 2.89. The van der Waals surface area contributed by atoms with Crippen LogP contribution in [0.5, 0.6) is 0 Å². The van der Waals surface area contributed by atoms with Gasteiger partial charge in [0.2, 0.25) is 5.91 Å². The summed E-state index contributed by atoms with van der Waals surface area (Å²) in [5.41, 5.74) is 2.11. The zero-order valence-electron chi connectivity index (χ0n) is 13.8. The van der Waals surface area contributed by atoms with E-state index in [9.17, 15) is 14.0 Å². The Kier molecular flexibility index (Phi) is 5.38. The molecule has 0 fully saturated rings. The molecule has 1 aliphatic heterocycles. The maximum absolute atomic E-state index is 13.0. The lowest BCUT2D eigenvalue weighted by Gasteiger charge is -2.35. The van der Waals surface area contributed by atoms with E-state index in [4.69, 9.17) is 4.74 Å². The molecule has 0 unspecified atom stereocenters. The monoisotopic (exact) mass is 359 g/mol. The number of hydrogen-bond donors (Lipinski definition) is 0. The Labute approximate surface area is 150 Å². The van der Waals surface area contributed by atoms with Gasteiger partial charge in [-0.25, -0.2) is 9.18 Å². The zero-order valence-corrected chi connectivity index (χ0v) is 14.6. The van der Waals surface area contributed by atoms with Crippen molar-refractivity contribution in [1.82, 2.24) is 4.90 Å². The maximum Gasteiger partial charge on any atom is 0.328 e. The summed E-state index contributed by atoms with van der Waals surface area (Å²) < 4.78 is 17.8. The summed E-state index contributed by atoms with van der Waals surface area (Å²) in [5, 5.41) is 0. The molecule has 3 rings (SSSR count). The first-order chi connectivity index (χ1) is 12.1. The SMILES string of the molecule is COC(=O)[C@H]1Cc2ccccc2CN1C(=O)CSc1ccc(F)cc1. The second kappa shape index (κ2) is 7.70. The van der Waals surface area contributed by atoms with Crippen molar-refractivity contribution in [3.8, 4) is 0 Å². The molecular weight excluding hydrogens is 341 g/mol. The van der Waals surface area contributed by atoms with E-state index in [1.54, 1.807) is 17.0 Å². The molecule has 1 aliphatic rings. The highest BCUT2D eigenvalue weighted by Crippen LogP contribution is 2.26. The number of halogens is 1. The molecule has 0 aliphatic carbocycles. The number of esters is 1. The minimum Gasteiger partial charge on any atom is -0.467 e. The first-order valence-electron chi connectivity index (χ1n) is 7.91. The highest BCUT2D eigenvalue weighted by molar-refractivity contribution is 8.00. The number of carbonyl (C=O) groups is 2. The van der Waals surface area contributed by atoms with Crippen molar-refractivity contribution in [3.05, 3.63) is 65.5 Å². The van der Waals surface area contributed by atoms with Crippen LogP contribution >= 0.6 is 11.8 Å². The first kappa shape index (κ1) is 17.5. The molecule has 130 valence electrons. The normalized spacial score (nSPS) is 16.2. The number of amides is 1. The summed E-state index contributed by atoms with van der Waals surface area (Å²) in [4.78, 5) is 27.2. The molecule has 0 saturated carbocycles. The fraction of sp³-hybridized carbons (Fsp3) is 0.263. The van der Waals surface area contributed by atoms with Crippen LogP contribution in [-0.4, -0.2) is 35.7 Å². The van der Waals surface area contributed by atoms with Crippen LogP contribution < -0.4 is 0 Å². The Morgan fingerprint density at radius 2 is 1.84 bits per heavy atom. The average Bonchev–Trinajstić information content (AvgIpc) is 2.65. The highest BCUT2D eigenvalue weighted by atomic mass is 32.2. The number of carbonyl (C=O) groups excluding carboxylic acids is 2. The second-order valence-electron chi connectivity index (χ2n) is 5.78. The smallest absolute Gasteiger partial charge is 0.328 e. The van der Waals surface area contributed by atoms with Crippen LogP contribution in [0.4, 0.5) is 4.39 Å². The van der Waals surface area contributed by atoms with Crippen molar-refractivity contribution in [1.29, 1.82) is 0 Å². The van der Waals surface area contributed by atoms with E-state index >= 15 is 0 Å². The quantitative estimate of drug-likeness (QED) is 0.622. The molecular formula is C19H18FNO3S. The molecule has 2 aromatic carbocycles. The fourth-order valence-corrected chi connectivity index (χ4v) is 3.67. The third kappa shape index (κ3) is 4.02. The van der Waals surface area contributed by atoms with Gasteiger partial charge in [0.05, 0.1) is 12.9 Å². The first-order valence-corrected chi connectivity index (χ1v) is 8.89. The molecule has 0 bridgehead atoms. The van der Waals surface area contributed by atoms with Crippen LogP contribution in [-0.2, 0) is 27.3 Å². The van der Waals surface area contributed by atoms with Crippen molar-refractivity contribution in [2.24, 2.45) is 0 Å². The summed E-state index contributed by atoms with van der Waals surface area (Å²) in [6.07, 6.45) is 0.454. The minimum absolute atomic E-state index is 0.140. The maximum atomic E-state index is 13.0. The van der Waals surface area contributed by atoms with Crippen molar-refractivity contribution in [2.45, 2.75) is 23.9 Å². The van der Waals surface area contributed by atoms with E-state index in [1.807, 2.05) is 24.3 Å². The van der Waals surface area contributed by atoms with Gasteiger partial charge < -0.3 is 9.64 Å². The van der Waals surface area contributed by atoms with Crippen molar-refractivity contribution >= 4 is 23.6 Å². The number of ether oxygens (including phenoxy) is 1. The lowest BCUT2D eigenvalue weighted by atomic mass is 9.94. The Hall–Kier alpha value is -2.34. The Balaban J connectivity index is 1.74. The molecule has 25 heavy (non-hydrogen) atoms. The van der Waals surface area contributed by atoms with Gasteiger partial charge in [0.15, 0.2) is 0 Å². The summed E-state index contributed by atoms with van der Waals surface area (Å²) >= 11 is 1.32. The molecule has 4 nitrogen and oxygen atoms in total. The largest absolute Gasteiger partial charge is 0.467 e. The second-order valence-corrected chi connectivity index (χ2v) is 6.82. The summed E-state index contributed by atoms with van der Waals surface area (Å²) in [7, 11) is 1.33. The Morgan fingerprint density at radius 3 is 2.52 bits per heavy atom. The van der Waals surface area contributed by atoms with E-state index in [0.717, 1.165) is 16.0 Å². The predicted molar refractivity (Wildman–Crippen MR) is 93.6 cm³/mol. The predicted octanol–water partition coefficient (Wildman–Crippen LogP) is 3.04. The van der Waals surface area contributed by atoms with Crippen molar-refractivity contribution < 1.29 is 18.7 Å². The number of thioether (sulfide) groups is 1. The van der Waals surface area contributed by atoms with E-state index in [-0.39, 0.29) is 17.5 Å². The summed E-state index contributed by atoms with van der Waals surface area (Å²) in [6.45, 7) is 0.388. The molecule has 0 aromatic heterocycles. The number of rotatable bonds is 4. The lowest BCUT2D eigenvalue weighted by Crippen LogP contribution is -2.49. The number of methoxy groups -OCH3 is 1. The van der Waals surface area contributed by atoms with E-state index in [2.05, 4.69) is 0 Å². The van der Waals surface area contributed by atoms with Gasteiger partial charge in [0, 0.05) is 17.9 Å². The van der Waals surface area contributed by atoms with E-state index < -0.39 is 12.0 Å². The van der Waals surface area contributed by atoms with Gasteiger partial charge >= 0.3 is 5.97 Å². The van der Waals surface area contributed by atoms with Crippen LogP contribution in [0, 0.1) is 5.82 Å². The van der Waals surface area contributed by atoms with Crippen molar-refractivity contribution in [2.75, 3.05) is 12.9 Å². The molecule has 0 N–H and O–H groups in total.